The van der Waals surface area contributed by atoms with E-state index in [1.165, 1.54) is 0 Å². The number of hydrogen-bond donors (Lipinski definition) is 3. The molecule has 1 aliphatic rings. The van der Waals surface area contributed by atoms with Crippen molar-refractivity contribution in [2.75, 3.05) is 34.2 Å². The lowest BCUT2D eigenvalue weighted by Gasteiger charge is -2.23. The molecule has 0 saturated heterocycles. The lowest BCUT2D eigenvalue weighted by Crippen LogP contribution is -3.00. The van der Waals surface area contributed by atoms with Crippen LogP contribution in [0.2, 0.25) is 0 Å². The highest BCUT2D eigenvalue weighted by atomic mass is 127. The van der Waals surface area contributed by atoms with Crippen molar-refractivity contribution in [2.45, 2.75) is 32.1 Å². The highest BCUT2D eigenvalue weighted by Gasteiger charge is 2.23. The summed E-state index contributed by atoms with van der Waals surface area (Å²) in [4.78, 5) is 27.0. The molecular weight excluding hydrogens is 409 g/mol. The first-order valence-corrected chi connectivity index (χ1v) is 7.85. The van der Waals surface area contributed by atoms with Gasteiger partial charge in [0.15, 0.2) is 0 Å². The maximum absolute atomic E-state index is 12.2. The van der Waals surface area contributed by atoms with Crippen LogP contribution in [0.5, 0.6) is 5.75 Å². The SMILES string of the molecule is C[N+](C)(C)CCCNC(=O)c1c(O)c2c([nH]c1=O)CCCC2.[I-]. The van der Waals surface area contributed by atoms with E-state index in [0.717, 1.165) is 48.0 Å². The second-order valence-electron chi connectivity index (χ2n) is 6.97. The van der Waals surface area contributed by atoms with E-state index >= 15 is 0 Å². The van der Waals surface area contributed by atoms with Crippen LogP contribution in [0, 0.1) is 0 Å². The fourth-order valence-corrected chi connectivity index (χ4v) is 2.82. The second kappa shape index (κ2) is 8.14. The van der Waals surface area contributed by atoms with Crippen LogP contribution in [0.15, 0.2) is 4.79 Å². The minimum Gasteiger partial charge on any atom is -1.00 e. The molecule has 2 rings (SSSR count). The molecule has 1 aromatic rings. The average Bonchev–Trinajstić information content (AvgIpc) is 2.42. The summed E-state index contributed by atoms with van der Waals surface area (Å²) in [5.41, 5.74) is 0.853. The molecule has 1 heterocycles. The number of nitrogens with one attached hydrogen (secondary N) is 2. The van der Waals surface area contributed by atoms with Gasteiger partial charge in [0, 0.05) is 24.2 Å². The van der Waals surface area contributed by atoms with Crippen LogP contribution in [0.4, 0.5) is 0 Å². The maximum atomic E-state index is 12.2. The molecule has 0 atom stereocenters. The summed E-state index contributed by atoms with van der Waals surface area (Å²) in [5, 5.41) is 13.0. The zero-order chi connectivity index (χ0) is 16.3. The number of amides is 1. The molecule has 0 unspecified atom stereocenters. The topological polar surface area (TPSA) is 82.2 Å². The number of aromatic hydroxyl groups is 1. The van der Waals surface area contributed by atoms with Gasteiger partial charge in [0.05, 0.1) is 27.7 Å². The Kier molecular flexibility index (Phi) is 7.06. The highest BCUT2D eigenvalue weighted by molar-refractivity contribution is 5.96. The van der Waals surface area contributed by atoms with Gasteiger partial charge in [-0.3, -0.25) is 9.59 Å². The summed E-state index contributed by atoms with van der Waals surface area (Å²) < 4.78 is 0.820. The predicted octanol–water partition coefficient (Wildman–Crippen LogP) is -2.21. The highest BCUT2D eigenvalue weighted by Crippen LogP contribution is 2.28. The number of halogens is 1. The van der Waals surface area contributed by atoms with Crippen molar-refractivity contribution in [3.8, 4) is 5.75 Å². The van der Waals surface area contributed by atoms with Gasteiger partial charge in [-0.25, -0.2) is 0 Å². The van der Waals surface area contributed by atoms with Crippen LogP contribution in [-0.4, -0.2) is 54.7 Å². The van der Waals surface area contributed by atoms with Gasteiger partial charge in [-0.15, -0.1) is 0 Å². The summed E-state index contributed by atoms with van der Waals surface area (Å²) in [6.45, 7) is 1.41. The molecular formula is C16H26IN3O3. The summed E-state index contributed by atoms with van der Waals surface area (Å²) >= 11 is 0. The van der Waals surface area contributed by atoms with E-state index in [1.807, 2.05) is 0 Å². The first kappa shape index (κ1) is 20.0. The average molecular weight is 435 g/mol. The van der Waals surface area contributed by atoms with E-state index in [2.05, 4.69) is 31.4 Å². The number of nitrogens with zero attached hydrogens (tertiary/aromatic N) is 1. The largest absolute Gasteiger partial charge is 1.00 e. The molecule has 23 heavy (non-hydrogen) atoms. The molecule has 1 aliphatic carbocycles. The van der Waals surface area contributed by atoms with Crippen LogP contribution in [-0.2, 0) is 12.8 Å². The quantitative estimate of drug-likeness (QED) is 0.279. The smallest absolute Gasteiger partial charge is 0.264 e. The summed E-state index contributed by atoms with van der Waals surface area (Å²) in [5.74, 6) is -0.629. The van der Waals surface area contributed by atoms with Crippen molar-refractivity contribution >= 4 is 5.91 Å². The first-order chi connectivity index (χ1) is 10.3. The third-order valence-electron chi connectivity index (χ3n) is 4.00. The zero-order valence-corrected chi connectivity index (χ0v) is 16.2. The van der Waals surface area contributed by atoms with E-state index < -0.39 is 11.5 Å². The van der Waals surface area contributed by atoms with Gasteiger partial charge in [-0.05, 0) is 25.7 Å². The molecule has 0 aliphatic heterocycles. The van der Waals surface area contributed by atoms with E-state index in [9.17, 15) is 14.7 Å². The number of fused-ring (bicyclic) bond motifs is 1. The molecule has 1 amide bonds. The molecule has 0 aromatic carbocycles. The van der Waals surface area contributed by atoms with E-state index in [1.54, 1.807) is 0 Å². The number of hydrogen-bond acceptors (Lipinski definition) is 3. The van der Waals surface area contributed by atoms with Crippen molar-refractivity contribution < 1.29 is 38.4 Å². The monoisotopic (exact) mass is 435 g/mol. The summed E-state index contributed by atoms with van der Waals surface area (Å²) in [6, 6.07) is 0. The van der Waals surface area contributed by atoms with Crippen LogP contribution in [0.1, 0.15) is 40.9 Å². The number of pyridine rings is 1. The maximum Gasteiger partial charge on any atom is 0.264 e. The van der Waals surface area contributed by atoms with Crippen molar-refractivity contribution in [3.63, 3.8) is 0 Å². The Morgan fingerprint density at radius 2 is 1.91 bits per heavy atom. The first-order valence-electron chi connectivity index (χ1n) is 7.85. The van der Waals surface area contributed by atoms with E-state index in [-0.39, 0.29) is 35.3 Å². The predicted molar refractivity (Wildman–Crippen MR) is 85.2 cm³/mol. The molecule has 130 valence electrons. The number of rotatable bonds is 5. The Morgan fingerprint density at radius 1 is 1.26 bits per heavy atom. The number of aromatic amines is 1. The van der Waals surface area contributed by atoms with Crippen LogP contribution in [0.25, 0.3) is 0 Å². The molecule has 0 saturated carbocycles. The van der Waals surface area contributed by atoms with Crippen LogP contribution in [0.3, 0.4) is 0 Å². The lowest BCUT2D eigenvalue weighted by molar-refractivity contribution is -0.870. The van der Waals surface area contributed by atoms with Gasteiger partial charge in [0.2, 0.25) is 0 Å². The molecule has 0 fully saturated rings. The normalized spacial score (nSPS) is 13.9. The van der Waals surface area contributed by atoms with Crippen molar-refractivity contribution in [2.24, 2.45) is 0 Å². The molecule has 3 N–H and O–H groups in total. The fourth-order valence-electron chi connectivity index (χ4n) is 2.82. The molecule has 0 spiro atoms. The third-order valence-corrected chi connectivity index (χ3v) is 4.00. The Hall–Kier alpha value is -1.09. The van der Waals surface area contributed by atoms with Crippen molar-refractivity contribution in [1.82, 2.24) is 10.3 Å². The van der Waals surface area contributed by atoms with Gasteiger partial charge >= 0.3 is 0 Å². The number of carbonyl (C=O) groups is 1. The summed E-state index contributed by atoms with van der Waals surface area (Å²) in [7, 11) is 6.26. The number of quaternary nitrogens is 1. The molecule has 0 bridgehead atoms. The van der Waals surface area contributed by atoms with E-state index in [0.29, 0.717) is 13.0 Å². The van der Waals surface area contributed by atoms with Gasteiger partial charge < -0.3 is 43.9 Å². The molecule has 6 nitrogen and oxygen atoms in total. The number of aryl methyl sites for hydroxylation is 1. The second-order valence-corrected chi connectivity index (χ2v) is 6.97. The lowest BCUT2D eigenvalue weighted by atomic mass is 9.93. The van der Waals surface area contributed by atoms with Gasteiger partial charge in [0.1, 0.15) is 11.3 Å². The zero-order valence-electron chi connectivity index (χ0n) is 14.0. The third kappa shape index (κ3) is 5.20. The van der Waals surface area contributed by atoms with Gasteiger partial charge in [-0.1, -0.05) is 0 Å². The fraction of sp³-hybridized carbons (Fsp3) is 0.625. The van der Waals surface area contributed by atoms with E-state index in [4.69, 9.17) is 0 Å². The number of carbonyl (C=O) groups excluding carboxylic acids is 1. The van der Waals surface area contributed by atoms with Crippen LogP contribution >= 0.6 is 0 Å². The molecule has 0 radical (unpaired) electrons. The Morgan fingerprint density at radius 3 is 2.57 bits per heavy atom. The van der Waals surface area contributed by atoms with Crippen molar-refractivity contribution in [3.05, 3.63) is 27.2 Å². The number of H-pyrrole nitrogens is 1. The Bertz CT molecular complexity index is 620. The minimum atomic E-state index is -0.498. The van der Waals surface area contributed by atoms with Crippen molar-refractivity contribution in [1.29, 1.82) is 0 Å². The van der Waals surface area contributed by atoms with Gasteiger partial charge in [-0.2, -0.15) is 0 Å². The Balaban J connectivity index is 0.00000264. The standard InChI is InChI=1S/C16H25N3O3.HI/c1-19(2,3)10-6-9-17-15(21)13-14(20)11-7-4-5-8-12(11)18-16(13)22;/h4-10H2,1-3H3,(H2-,17,18,20,21,22);1H. The molecule has 1 aromatic heterocycles. The summed E-state index contributed by atoms with van der Waals surface area (Å²) in [6.07, 6.45) is 4.25. The minimum absolute atomic E-state index is 0. The van der Waals surface area contributed by atoms with Gasteiger partial charge in [0.25, 0.3) is 11.5 Å². The Labute approximate surface area is 153 Å². The van der Waals surface area contributed by atoms with Crippen LogP contribution < -0.4 is 34.9 Å². The number of aromatic nitrogens is 1. The molecule has 7 heteroatoms.